The van der Waals surface area contributed by atoms with Gasteiger partial charge in [-0.05, 0) is 33.1 Å². The van der Waals surface area contributed by atoms with Crippen LogP contribution in [0.3, 0.4) is 0 Å². The van der Waals surface area contributed by atoms with Gasteiger partial charge in [-0.1, -0.05) is 0 Å². The molecular weight excluding hydrogens is 264 g/mol. The number of carboxylic acid groups (broad SMARTS) is 1. The predicted octanol–water partition coefficient (Wildman–Crippen LogP) is 0.175. The van der Waals surface area contributed by atoms with E-state index < -0.39 is 29.2 Å². The molecule has 2 fully saturated rings. The first-order chi connectivity index (χ1) is 9.28. The summed E-state index contributed by atoms with van der Waals surface area (Å²) in [5, 5.41) is 21.1. The van der Waals surface area contributed by atoms with Crippen molar-refractivity contribution in [2.75, 3.05) is 19.7 Å². The summed E-state index contributed by atoms with van der Waals surface area (Å²) in [6, 6.07) is -0.401. The number of nitrogens with one attached hydrogen (secondary N) is 1. The van der Waals surface area contributed by atoms with Crippen LogP contribution in [0.4, 0.5) is 4.79 Å². The monoisotopic (exact) mass is 286 g/mol. The summed E-state index contributed by atoms with van der Waals surface area (Å²) in [4.78, 5) is 25.1. The molecule has 2 amide bonds. The van der Waals surface area contributed by atoms with E-state index >= 15 is 0 Å². The van der Waals surface area contributed by atoms with Gasteiger partial charge in [0.1, 0.15) is 5.54 Å². The van der Waals surface area contributed by atoms with Crippen molar-refractivity contribution in [2.24, 2.45) is 0 Å². The number of amides is 2. The van der Waals surface area contributed by atoms with Crippen LogP contribution in [-0.4, -0.2) is 64.1 Å². The fourth-order valence-corrected chi connectivity index (χ4v) is 2.75. The number of nitrogens with zero attached hydrogens (tertiary/aromatic N) is 1. The van der Waals surface area contributed by atoms with E-state index in [0.717, 1.165) is 6.42 Å². The van der Waals surface area contributed by atoms with Crippen molar-refractivity contribution < 1.29 is 24.5 Å². The van der Waals surface area contributed by atoms with Crippen LogP contribution in [0.5, 0.6) is 0 Å². The molecule has 0 radical (unpaired) electrons. The maximum Gasteiger partial charge on any atom is 0.329 e. The van der Waals surface area contributed by atoms with Crippen molar-refractivity contribution in [3.63, 3.8) is 0 Å². The van der Waals surface area contributed by atoms with Gasteiger partial charge in [-0.25, -0.2) is 9.59 Å². The van der Waals surface area contributed by atoms with Gasteiger partial charge in [0.15, 0.2) is 0 Å². The molecule has 2 aliphatic rings. The first-order valence-electron chi connectivity index (χ1n) is 6.87. The van der Waals surface area contributed by atoms with Crippen molar-refractivity contribution in [2.45, 2.75) is 50.4 Å². The number of carbonyl (C=O) groups excluding carboxylic acids is 1. The van der Waals surface area contributed by atoms with Gasteiger partial charge in [0.05, 0.1) is 31.4 Å². The molecule has 0 spiro atoms. The van der Waals surface area contributed by atoms with E-state index in [9.17, 15) is 19.8 Å². The highest BCUT2D eigenvalue weighted by molar-refractivity contribution is 5.87. The molecule has 0 bridgehead atoms. The summed E-state index contributed by atoms with van der Waals surface area (Å²) < 4.78 is 5.63. The molecule has 1 unspecified atom stereocenters. The SMILES string of the molecule is CC1(C)CN(C(=O)NC2(C(=O)O)CCC2)CC(CO)O1. The zero-order valence-electron chi connectivity index (χ0n) is 11.9. The molecule has 0 aromatic heterocycles. The van der Waals surface area contributed by atoms with Crippen LogP contribution in [0.1, 0.15) is 33.1 Å². The second-order valence-corrected chi connectivity index (χ2v) is 6.23. The second kappa shape index (κ2) is 5.21. The van der Waals surface area contributed by atoms with Crippen molar-refractivity contribution in [1.29, 1.82) is 0 Å². The predicted molar refractivity (Wildman–Crippen MR) is 70.4 cm³/mol. The van der Waals surface area contributed by atoms with Crippen LogP contribution in [0, 0.1) is 0 Å². The van der Waals surface area contributed by atoms with Gasteiger partial charge in [-0.2, -0.15) is 0 Å². The molecule has 1 saturated carbocycles. The van der Waals surface area contributed by atoms with Gasteiger partial charge < -0.3 is 25.2 Å². The molecule has 7 nitrogen and oxygen atoms in total. The van der Waals surface area contributed by atoms with E-state index in [0.29, 0.717) is 19.4 Å². The minimum atomic E-state index is -1.12. The molecule has 0 aromatic carbocycles. The van der Waals surface area contributed by atoms with Crippen LogP contribution in [0.2, 0.25) is 0 Å². The lowest BCUT2D eigenvalue weighted by Crippen LogP contribution is -2.65. The summed E-state index contributed by atoms with van der Waals surface area (Å²) in [5.41, 5.74) is -1.67. The zero-order valence-corrected chi connectivity index (χ0v) is 11.9. The fourth-order valence-electron chi connectivity index (χ4n) is 2.75. The Balaban J connectivity index is 2.03. The topological polar surface area (TPSA) is 99.1 Å². The zero-order chi connectivity index (χ0) is 15.0. The quantitative estimate of drug-likeness (QED) is 0.687. The summed E-state index contributed by atoms with van der Waals surface area (Å²) in [6.07, 6.45) is 1.29. The van der Waals surface area contributed by atoms with Gasteiger partial charge in [0.2, 0.25) is 0 Å². The van der Waals surface area contributed by atoms with Crippen molar-refractivity contribution >= 4 is 12.0 Å². The number of rotatable bonds is 3. The third-order valence-corrected chi connectivity index (χ3v) is 3.93. The number of hydrogen-bond acceptors (Lipinski definition) is 4. The number of carboxylic acids is 1. The van der Waals surface area contributed by atoms with E-state index in [2.05, 4.69) is 5.32 Å². The number of urea groups is 1. The Morgan fingerprint density at radius 1 is 1.40 bits per heavy atom. The summed E-state index contributed by atoms with van der Waals surface area (Å²) in [5.74, 6) is -0.983. The molecule has 0 aromatic rings. The van der Waals surface area contributed by atoms with Crippen LogP contribution in [0.15, 0.2) is 0 Å². The summed E-state index contributed by atoms with van der Waals surface area (Å²) in [7, 11) is 0. The normalized spacial score (nSPS) is 27.6. The molecule has 1 aliphatic heterocycles. The van der Waals surface area contributed by atoms with Gasteiger partial charge in [-0.3, -0.25) is 0 Å². The second-order valence-electron chi connectivity index (χ2n) is 6.23. The van der Waals surface area contributed by atoms with Crippen LogP contribution >= 0.6 is 0 Å². The summed E-state index contributed by atoms with van der Waals surface area (Å²) in [6.45, 7) is 4.14. The number of aliphatic hydroxyl groups excluding tert-OH is 1. The average molecular weight is 286 g/mol. The van der Waals surface area contributed by atoms with Gasteiger partial charge in [0, 0.05) is 0 Å². The molecular formula is C13H22N2O5. The Morgan fingerprint density at radius 3 is 2.50 bits per heavy atom. The summed E-state index contributed by atoms with van der Waals surface area (Å²) >= 11 is 0. The average Bonchev–Trinajstić information content (AvgIpc) is 2.30. The van der Waals surface area contributed by atoms with Gasteiger partial charge in [-0.15, -0.1) is 0 Å². The number of carbonyl (C=O) groups is 2. The molecule has 114 valence electrons. The van der Waals surface area contributed by atoms with Crippen LogP contribution in [-0.2, 0) is 9.53 Å². The Hall–Kier alpha value is -1.34. The fraction of sp³-hybridized carbons (Fsp3) is 0.846. The number of aliphatic carboxylic acids is 1. The van der Waals surface area contributed by atoms with Crippen molar-refractivity contribution in [3.8, 4) is 0 Å². The molecule has 1 heterocycles. The Labute approximate surface area is 117 Å². The van der Waals surface area contributed by atoms with E-state index in [1.54, 1.807) is 0 Å². The lowest BCUT2D eigenvalue weighted by Gasteiger charge is -2.45. The van der Waals surface area contributed by atoms with E-state index in [-0.39, 0.29) is 13.2 Å². The van der Waals surface area contributed by atoms with Crippen LogP contribution in [0.25, 0.3) is 0 Å². The van der Waals surface area contributed by atoms with Gasteiger partial charge in [0.25, 0.3) is 0 Å². The molecule has 3 N–H and O–H groups in total. The van der Waals surface area contributed by atoms with E-state index in [1.807, 2.05) is 13.8 Å². The van der Waals surface area contributed by atoms with Crippen molar-refractivity contribution in [1.82, 2.24) is 10.2 Å². The maximum absolute atomic E-state index is 12.3. The number of ether oxygens (including phenoxy) is 1. The molecule has 1 saturated heterocycles. The molecule has 1 atom stereocenters. The van der Waals surface area contributed by atoms with Crippen LogP contribution < -0.4 is 5.32 Å². The van der Waals surface area contributed by atoms with E-state index in [4.69, 9.17) is 4.74 Å². The Kier molecular flexibility index (Phi) is 3.93. The first-order valence-corrected chi connectivity index (χ1v) is 6.87. The third kappa shape index (κ3) is 2.88. The van der Waals surface area contributed by atoms with Gasteiger partial charge >= 0.3 is 12.0 Å². The highest BCUT2D eigenvalue weighted by Gasteiger charge is 2.47. The highest BCUT2D eigenvalue weighted by atomic mass is 16.5. The molecule has 20 heavy (non-hydrogen) atoms. The highest BCUT2D eigenvalue weighted by Crippen LogP contribution is 2.32. The smallest absolute Gasteiger partial charge is 0.329 e. The first kappa shape index (κ1) is 15.1. The minimum Gasteiger partial charge on any atom is -0.480 e. The lowest BCUT2D eigenvalue weighted by atomic mass is 9.77. The largest absolute Gasteiger partial charge is 0.480 e. The molecule has 1 aliphatic carbocycles. The number of aliphatic hydroxyl groups is 1. The maximum atomic E-state index is 12.3. The molecule has 7 heteroatoms. The Bertz CT molecular complexity index is 406. The minimum absolute atomic E-state index is 0.169. The Morgan fingerprint density at radius 2 is 2.05 bits per heavy atom. The lowest BCUT2D eigenvalue weighted by molar-refractivity contribution is -0.149. The van der Waals surface area contributed by atoms with Crippen molar-refractivity contribution in [3.05, 3.63) is 0 Å². The molecule has 2 rings (SSSR count). The standard InChI is InChI=1S/C13H22N2O5/c1-12(2)8-15(6-9(7-16)20-12)11(19)14-13(10(17)18)4-3-5-13/h9,16H,3-8H2,1-2H3,(H,14,19)(H,17,18). The number of hydrogen-bond donors (Lipinski definition) is 3. The third-order valence-electron chi connectivity index (χ3n) is 3.93. The number of morpholine rings is 1. The van der Waals surface area contributed by atoms with E-state index in [1.165, 1.54) is 4.90 Å².